The van der Waals surface area contributed by atoms with Crippen molar-refractivity contribution in [1.82, 2.24) is 15.1 Å². The Hall–Kier alpha value is -1.56. The van der Waals surface area contributed by atoms with Crippen LogP contribution in [-0.4, -0.2) is 33.9 Å². The second-order valence-electron chi connectivity index (χ2n) is 5.02. The van der Waals surface area contributed by atoms with Crippen LogP contribution in [0.15, 0.2) is 0 Å². The molecule has 0 saturated carbocycles. The van der Waals surface area contributed by atoms with Gasteiger partial charge >= 0.3 is 0 Å². The van der Waals surface area contributed by atoms with E-state index in [2.05, 4.69) is 10.4 Å². The molecule has 0 aliphatic heterocycles. The predicted molar refractivity (Wildman–Crippen MR) is 74.8 cm³/mol. The third kappa shape index (κ3) is 3.07. The molecule has 1 rings (SSSR count). The average Bonchev–Trinajstić information content (AvgIpc) is 2.65. The van der Waals surface area contributed by atoms with E-state index < -0.39 is 0 Å². The van der Waals surface area contributed by atoms with Gasteiger partial charge in [0.25, 0.3) is 5.91 Å². The number of nitrogens with one attached hydrogen (secondary N) is 1. The Morgan fingerprint density at radius 3 is 2.42 bits per heavy atom. The quantitative estimate of drug-likeness (QED) is 0.712. The van der Waals surface area contributed by atoms with Crippen LogP contribution < -0.4 is 11.1 Å². The van der Waals surface area contributed by atoms with Gasteiger partial charge in [0.05, 0.1) is 18.0 Å². The summed E-state index contributed by atoms with van der Waals surface area (Å²) in [5, 5.41) is 16.4. The first-order chi connectivity index (χ1) is 8.90. The van der Waals surface area contributed by atoms with Gasteiger partial charge in [-0.15, -0.1) is 0 Å². The van der Waals surface area contributed by atoms with Gasteiger partial charge in [0.2, 0.25) is 0 Å². The van der Waals surface area contributed by atoms with Crippen LogP contribution in [0.3, 0.4) is 0 Å². The van der Waals surface area contributed by atoms with E-state index in [1.807, 2.05) is 13.8 Å². The van der Waals surface area contributed by atoms with E-state index in [-0.39, 0.29) is 17.9 Å². The van der Waals surface area contributed by atoms with E-state index in [1.165, 1.54) is 4.68 Å². The maximum atomic E-state index is 12.2. The first-order valence-electron chi connectivity index (χ1n) is 6.59. The SMILES string of the molecule is CCC(CC)(CO)CNC(=O)c1c(N)c(C)nn1C. The average molecular weight is 268 g/mol. The molecule has 0 aliphatic rings. The van der Waals surface area contributed by atoms with Crippen molar-refractivity contribution in [2.24, 2.45) is 12.5 Å². The molecule has 0 spiro atoms. The van der Waals surface area contributed by atoms with Gasteiger partial charge in [0, 0.05) is 19.0 Å². The molecule has 6 heteroatoms. The fourth-order valence-electron chi connectivity index (χ4n) is 2.07. The van der Waals surface area contributed by atoms with E-state index in [4.69, 9.17) is 5.73 Å². The zero-order valence-corrected chi connectivity index (χ0v) is 12.2. The van der Waals surface area contributed by atoms with Crippen LogP contribution in [0.1, 0.15) is 42.9 Å². The van der Waals surface area contributed by atoms with Crippen LogP contribution >= 0.6 is 0 Å². The molecular weight excluding hydrogens is 244 g/mol. The summed E-state index contributed by atoms with van der Waals surface area (Å²) >= 11 is 0. The van der Waals surface area contributed by atoms with E-state index in [0.29, 0.717) is 23.6 Å². The van der Waals surface area contributed by atoms with Crippen LogP contribution in [0.25, 0.3) is 0 Å². The van der Waals surface area contributed by atoms with Crippen molar-refractivity contribution in [3.05, 3.63) is 11.4 Å². The molecule has 0 unspecified atom stereocenters. The second-order valence-corrected chi connectivity index (χ2v) is 5.02. The molecule has 4 N–H and O–H groups in total. The van der Waals surface area contributed by atoms with Crippen LogP contribution in [-0.2, 0) is 7.05 Å². The molecule has 108 valence electrons. The number of nitrogens with two attached hydrogens (primary N) is 1. The Bertz CT molecular complexity index is 441. The van der Waals surface area contributed by atoms with Gasteiger partial charge in [0.1, 0.15) is 5.69 Å². The van der Waals surface area contributed by atoms with E-state index in [1.54, 1.807) is 14.0 Å². The Kier molecular flexibility index (Phi) is 4.94. The van der Waals surface area contributed by atoms with Gasteiger partial charge in [0.15, 0.2) is 0 Å². The number of carbonyl (C=O) groups is 1. The van der Waals surface area contributed by atoms with Crippen molar-refractivity contribution in [2.75, 3.05) is 18.9 Å². The number of aliphatic hydroxyl groups excluding tert-OH is 1. The van der Waals surface area contributed by atoms with E-state index in [0.717, 1.165) is 12.8 Å². The molecule has 1 amide bonds. The number of hydrogen-bond acceptors (Lipinski definition) is 4. The number of rotatable bonds is 6. The summed E-state index contributed by atoms with van der Waals surface area (Å²) in [6.45, 7) is 6.27. The number of aryl methyl sites for hydroxylation is 2. The van der Waals surface area contributed by atoms with Crippen molar-refractivity contribution in [2.45, 2.75) is 33.6 Å². The monoisotopic (exact) mass is 268 g/mol. The lowest BCUT2D eigenvalue weighted by Crippen LogP contribution is -2.40. The summed E-state index contributed by atoms with van der Waals surface area (Å²) < 4.78 is 1.48. The molecule has 0 radical (unpaired) electrons. The highest BCUT2D eigenvalue weighted by molar-refractivity contribution is 5.97. The molecule has 0 bridgehead atoms. The molecule has 0 aliphatic carbocycles. The Morgan fingerprint density at radius 2 is 2.05 bits per heavy atom. The zero-order chi connectivity index (χ0) is 14.6. The molecule has 1 heterocycles. The second kappa shape index (κ2) is 6.06. The zero-order valence-electron chi connectivity index (χ0n) is 12.2. The van der Waals surface area contributed by atoms with Crippen molar-refractivity contribution in [1.29, 1.82) is 0 Å². The molecule has 0 saturated heterocycles. The number of hydrogen-bond donors (Lipinski definition) is 3. The van der Waals surface area contributed by atoms with Crippen molar-refractivity contribution in [3.63, 3.8) is 0 Å². The Balaban J connectivity index is 2.81. The Morgan fingerprint density at radius 1 is 1.47 bits per heavy atom. The van der Waals surface area contributed by atoms with Crippen molar-refractivity contribution < 1.29 is 9.90 Å². The number of aromatic nitrogens is 2. The van der Waals surface area contributed by atoms with Crippen LogP contribution in [0.2, 0.25) is 0 Å². The molecule has 1 aromatic rings. The van der Waals surface area contributed by atoms with E-state index in [9.17, 15) is 9.90 Å². The summed E-state index contributed by atoms with van der Waals surface area (Å²) in [5.74, 6) is -0.250. The number of amides is 1. The van der Waals surface area contributed by atoms with Crippen LogP contribution in [0.4, 0.5) is 5.69 Å². The molecule has 0 atom stereocenters. The van der Waals surface area contributed by atoms with Gasteiger partial charge in [-0.2, -0.15) is 5.10 Å². The minimum Gasteiger partial charge on any atom is -0.396 e. The number of anilines is 1. The topological polar surface area (TPSA) is 93.2 Å². The minimum absolute atomic E-state index is 0.0557. The standard InChI is InChI=1S/C13H24N4O2/c1-5-13(6-2,8-18)7-15-12(19)11-10(14)9(3)16-17(11)4/h18H,5-8,14H2,1-4H3,(H,15,19). The number of aliphatic hydroxyl groups is 1. The van der Waals surface area contributed by atoms with Crippen LogP contribution in [0.5, 0.6) is 0 Å². The van der Waals surface area contributed by atoms with E-state index >= 15 is 0 Å². The highest BCUT2D eigenvalue weighted by atomic mass is 16.3. The third-order valence-electron chi connectivity index (χ3n) is 3.94. The minimum atomic E-state index is -0.266. The van der Waals surface area contributed by atoms with Gasteiger partial charge in [-0.25, -0.2) is 0 Å². The van der Waals surface area contributed by atoms with Gasteiger partial charge in [-0.1, -0.05) is 13.8 Å². The summed E-state index contributed by atoms with van der Waals surface area (Å²) in [6.07, 6.45) is 1.61. The lowest BCUT2D eigenvalue weighted by Gasteiger charge is -2.29. The highest BCUT2D eigenvalue weighted by Crippen LogP contribution is 2.24. The van der Waals surface area contributed by atoms with Gasteiger partial charge in [-0.05, 0) is 19.8 Å². The normalized spacial score (nSPS) is 11.6. The van der Waals surface area contributed by atoms with Crippen molar-refractivity contribution in [3.8, 4) is 0 Å². The van der Waals surface area contributed by atoms with Crippen molar-refractivity contribution >= 4 is 11.6 Å². The molecule has 0 fully saturated rings. The first kappa shape index (κ1) is 15.5. The summed E-state index contributed by atoms with van der Waals surface area (Å²) in [6, 6.07) is 0. The molecule has 6 nitrogen and oxygen atoms in total. The Labute approximate surface area is 114 Å². The van der Waals surface area contributed by atoms with Gasteiger partial charge in [-0.3, -0.25) is 9.48 Å². The largest absolute Gasteiger partial charge is 0.396 e. The first-order valence-corrected chi connectivity index (χ1v) is 6.59. The summed E-state index contributed by atoms with van der Waals surface area (Å²) in [5.41, 5.74) is 7.00. The van der Waals surface area contributed by atoms with Crippen LogP contribution in [0, 0.1) is 12.3 Å². The maximum Gasteiger partial charge on any atom is 0.271 e. The lowest BCUT2D eigenvalue weighted by atomic mass is 9.83. The highest BCUT2D eigenvalue weighted by Gasteiger charge is 2.27. The van der Waals surface area contributed by atoms with Gasteiger partial charge < -0.3 is 16.2 Å². The fourth-order valence-corrected chi connectivity index (χ4v) is 2.07. The summed E-state index contributed by atoms with van der Waals surface area (Å²) in [7, 11) is 1.69. The smallest absolute Gasteiger partial charge is 0.271 e. The number of nitrogen functional groups attached to an aromatic ring is 1. The third-order valence-corrected chi connectivity index (χ3v) is 3.94. The molecule has 1 aromatic heterocycles. The fraction of sp³-hybridized carbons (Fsp3) is 0.692. The lowest BCUT2D eigenvalue weighted by molar-refractivity contribution is 0.0844. The maximum absolute atomic E-state index is 12.2. The molecular formula is C13H24N4O2. The molecule has 19 heavy (non-hydrogen) atoms. The molecule has 0 aromatic carbocycles. The predicted octanol–water partition coefficient (Wildman–Crippen LogP) is 0.839. The number of carbonyl (C=O) groups excluding carboxylic acids is 1. The summed E-state index contributed by atoms with van der Waals surface area (Å²) in [4.78, 5) is 12.2. The number of nitrogens with zero attached hydrogens (tertiary/aromatic N) is 2.